The monoisotopic (exact) mass is 474 g/mol. The number of benzene rings is 2. The van der Waals surface area contributed by atoms with Crippen LogP contribution < -0.4 is 5.32 Å². The van der Waals surface area contributed by atoms with Gasteiger partial charge in [0.05, 0.1) is 22.6 Å². The summed E-state index contributed by atoms with van der Waals surface area (Å²) < 4.78 is 39.6. The zero-order chi connectivity index (χ0) is 21.3. The van der Waals surface area contributed by atoms with Crippen molar-refractivity contribution in [1.82, 2.24) is 20.3 Å². The minimum atomic E-state index is -4.57. The number of carbonyl (C=O) groups excluding carboxylic acids is 1. The van der Waals surface area contributed by atoms with E-state index in [4.69, 9.17) is 0 Å². The van der Waals surface area contributed by atoms with Gasteiger partial charge in [-0.25, -0.2) is 4.98 Å². The van der Waals surface area contributed by atoms with Crippen LogP contribution in [0.4, 0.5) is 13.2 Å². The Balaban J connectivity index is 1.73. The molecule has 2 N–H and O–H groups in total. The number of imidazole rings is 1. The highest BCUT2D eigenvalue weighted by atomic mass is 79.9. The number of nitrogens with one attached hydrogen (secondary N) is 2. The standard InChI is InChI=1S/C21H14BrF3N4O/c22-15-8-14(10-26-11-15)19(30)29-18(12-4-2-1-3-5-12)13-6-7-16-17(9-13)28-20(27-16)21(23,24)25/h1-11,18H,(H,27,28)(H,29,30). The number of halogens is 4. The van der Waals surface area contributed by atoms with Gasteiger partial charge in [0.25, 0.3) is 5.91 Å². The normalized spacial score (nSPS) is 12.7. The van der Waals surface area contributed by atoms with Crippen molar-refractivity contribution < 1.29 is 18.0 Å². The van der Waals surface area contributed by atoms with Gasteiger partial charge in [-0.05, 0) is 45.3 Å². The molecule has 5 nitrogen and oxygen atoms in total. The second-order valence-electron chi connectivity index (χ2n) is 6.57. The van der Waals surface area contributed by atoms with E-state index in [-0.39, 0.29) is 16.9 Å². The van der Waals surface area contributed by atoms with E-state index < -0.39 is 18.0 Å². The van der Waals surface area contributed by atoms with Crippen molar-refractivity contribution >= 4 is 32.9 Å². The predicted molar refractivity (Wildman–Crippen MR) is 109 cm³/mol. The molecule has 0 radical (unpaired) electrons. The SMILES string of the molecule is O=C(NC(c1ccccc1)c1ccc2nc(C(F)(F)F)[nH]c2c1)c1cncc(Br)c1. The van der Waals surface area contributed by atoms with Crippen LogP contribution in [0.5, 0.6) is 0 Å². The predicted octanol–water partition coefficient (Wildman–Crippen LogP) is 5.26. The fraction of sp³-hybridized carbons (Fsp3) is 0.0952. The summed E-state index contributed by atoms with van der Waals surface area (Å²) in [6.07, 6.45) is -1.56. The second kappa shape index (κ2) is 7.91. The molecule has 152 valence electrons. The summed E-state index contributed by atoms with van der Waals surface area (Å²) in [7, 11) is 0. The first-order chi connectivity index (χ1) is 14.3. The number of rotatable bonds is 4. The van der Waals surface area contributed by atoms with Crippen molar-refractivity contribution in [2.75, 3.05) is 0 Å². The highest BCUT2D eigenvalue weighted by molar-refractivity contribution is 9.10. The number of hydrogen-bond donors (Lipinski definition) is 2. The van der Waals surface area contributed by atoms with E-state index in [0.717, 1.165) is 5.56 Å². The zero-order valence-corrected chi connectivity index (χ0v) is 16.8. The van der Waals surface area contributed by atoms with Crippen LogP contribution in [-0.4, -0.2) is 20.9 Å². The summed E-state index contributed by atoms with van der Waals surface area (Å²) in [5.41, 5.74) is 2.18. The highest BCUT2D eigenvalue weighted by Crippen LogP contribution is 2.30. The van der Waals surface area contributed by atoms with E-state index >= 15 is 0 Å². The summed E-state index contributed by atoms with van der Waals surface area (Å²) >= 11 is 3.29. The second-order valence-corrected chi connectivity index (χ2v) is 7.48. The molecule has 4 aromatic rings. The minimum absolute atomic E-state index is 0.195. The third-order valence-corrected chi connectivity index (χ3v) is 4.92. The molecule has 1 unspecified atom stereocenters. The minimum Gasteiger partial charge on any atom is -0.341 e. The quantitative estimate of drug-likeness (QED) is 0.423. The number of nitrogens with zero attached hydrogens (tertiary/aromatic N) is 2. The number of aromatic nitrogens is 3. The maximum Gasteiger partial charge on any atom is 0.449 e. The van der Waals surface area contributed by atoms with Crippen LogP contribution in [0.1, 0.15) is 33.4 Å². The zero-order valence-electron chi connectivity index (χ0n) is 15.2. The lowest BCUT2D eigenvalue weighted by Crippen LogP contribution is -2.29. The summed E-state index contributed by atoms with van der Waals surface area (Å²) in [6.45, 7) is 0. The molecule has 2 aromatic heterocycles. The molecule has 4 rings (SSSR count). The van der Waals surface area contributed by atoms with E-state index in [1.165, 1.54) is 12.3 Å². The van der Waals surface area contributed by atoms with Gasteiger partial charge in [-0.15, -0.1) is 0 Å². The van der Waals surface area contributed by atoms with Gasteiger partial charge in [0.1, 0.15) is 0 Å². The molecule has 2 aromatic carbocycles. The highest BCUT2D eigenvalue weighted by Gasteiger charge is 2.34. The summed E-state index contributed by atoms with van der Waals surface area (Å²) in [5.74, 6) is -1.42. The number of hydrogen-bond acceptors (Lipinski definition) is 3. The average molecular weight is 475 g/mol. The summed E-state index contributed by atoms with van der Waals surface area (Å²) in [5, 5.41) is 2.94. The molecule has 2 heterocycles. The maximum atomic E-state index is 13.0. The van der Waals surface area contributed by atoms with Crippen LogP contribution >= 0.6 is 15.9 Å². The number of H-pyrrole nitrogens is 1. The molecular formula is C21H14BrF3N4O. The molecule has 1 amide bonds. The lowest BCUT2D eigenvalue weighted by molar-refractivity contribution is -0.144. The molecule has 0 bridgehead atoms. The number of pyridine rings is 1. The van der Waals surface area contributed by atoms with Crippen LogP contribution in [0.25, 0.3) is 11.0 Å². The Morgan fingerprint density at radius 1 is 1.03 bits per heavy atom. The lowest BCUT2D eigenvalue weighted by Gasteiger charge is -2.20. The van der Waals surface area contributed by atoms with Gasteiger partial charge in [-0.2, -0.15) is 13.2 Å². The van der Waals surface area contributed by atoms with Crippen molar-refractivity contribution in [2.24, 2.45) is 0 Å². The Bertz CT molecular complexity index is 1210. The topological polar surface area (TPSA) is 70.7 Å². The van der Waals surface area contributed by atoms with Gasteiger partial charge in [0, 0.05) is 16.9 Å². The number of fused-ring (bicyclic) bond motifs is 1. The number of alkyl halides is 3. The fourth-order valence-electron chi connectivity index (χ4n) is 3.10. The van der Waals surface area contributed by atoms with Crippen LogP contribution in [-0.2, 0) is 6.18 Å². The molecule has 0 aliphatic rings. The van der Waals surface area contributed by atoms with Gasteiger partial charge in [0.2, 0.25) is 5.82 Å². The third kappa shape index (κ3) is 4.20. The fourth-order valence-corrected chi connectivity index (χ4v) is 3.46. The summed E-state index contributed by atoms with van der Waals surface area (Å²) in [4.78, 5) is 22.7. The van der Waals surface area contributed by atoms with E-state index in [2.05, 4.69) is 36.2 Å². The number of carbonyl (C=O) groups is 1. The van der Waals surface area contributed by atoms with Gasteiger partial charge in [0.15, 0.2) is 0 Å². The first-order valence-electron chi connectivity index (χ1n) is 8.84. The van der Waals surface area contributed by atoms with Crippen molar-refractivity contribution in [3.63, 3.8) is 0 Å². The van der Waals surface area contributed by atoms with E-state index in [0.29, 0.717) is 15.6 Å². The van der Waals surface area contributed by atoms with Crippen molar-refractivity contribution in [3.8, 4) is 0 Å². The van der Waals surface area contributed by atoms with Crippen LogP contribution in [0.2, 0.25) is 0 Å². The summed E-state index contributed by atoms with van der Waals surface area (Å²) in [6, 6.07) is 14.9. The van der Waals surface area contributed by atoms with E-state index in [1.807, 2.05) is 30.3 Å². The third-order valence-electron chi connectivity index (χ3n) is 4.48. The molecule has 0 fully saturated rings. The van der Waals surface area contributed by atoms with Crippen molar-refractivity contribution in [1.29, 1.82) is 0 Å². The molecule has 1 atom stereocenters. The first kappa shape index (κ1) is 20.1. The largest absolute Gasteiger partial charge is 0.449 e. The molecule has 0 spiro atoms. The molecule has 30 heavy (non-hydrogen) atoms. The van der Waals surface area contributed by atoms with Gasteiger partial charge in [-0.3, -0.25) is 9.78 Å². The smallest absolute Gasteiger partial charge is 0.341 e. The van der Waals surface area contributed by atoms with Gasteiger partial charge in [-0.1, -0.05) is 36.4 Å². The molecule has 9 heteroatoms. The van der Waals surface area contributed by atoms with Crippen molar-refractivity contribution in [2.45, 2.75) is 12.2 Å². The molecular weight excluding hydrogens is 461 g/mol. The Morgan fingerprint density at radius 3 is 2.50 bits per heavy atom. The van der Waals surface area contributed by atoms with Crippen LogP contribution in [0.3, 0.4) is 0 Å². The molecule has 0 aliphatic carbocycles. The number of aromatic amines is 1. The lowest BCUT2D eigenvalue weighted by atomic mass is 9.98. The van der Waals surface area contributed by atoms with Crippen molar-refractivity contribution in [3.05, 3.63) is 94.0 Å². The van der Waals surface area contributed by atoms with Crippen LogP contribution in [0, 0.1) is 0 Å². The van der Waals surface area contributed by atoms with Crippen LogP contribution in [0.15, 0.2) is 71.5 Å². The van der Waals surface area contributed by atoms with E-state index in [1.54, 1.807) is 24.4 Å². The maximum absolute atomic E-state index is 13.0. The number of amides is 1. The average Bonchev–Trinajstić information content (AvgIpc) is 3.16. The molecule has 0 saturated carbocycles. The van der Waals surface area contributed by atoms with Gasteiger partial charge < -0.3 is 10.3 Å². The first-order valence-corrected chi connectivity index (χ1v) is 9.64. The van der Waals surface area contributed by atoms with E-state index in [9.17, 15) is 18.0 Å². The Morgan fingerprint density at radius 2 is 1.80 bits per heavy atom. The Labute approximate surface area is 177 Å². The Hall–Kier alpha value is -3.20. The van der Waals surface area contributed by atoms with Gasteiger partial charge >= 0.3 is 6.18 Å². The molecule has 0 aliphatic heterocycles. The Kier molecular flexibility index (Phi) is 5.29. The molecule has 0 saturated heterocycles.